The van der Waals surface area contributed by atoms with Crippen molar-refractivity contribution in [1.82, 2.24) is 5.32 Å². The Kier molecular flexibility index (Phi) is 4.62. The summed E-state index contributed by atoms with van der Waals surface area (Å²) in [5.74, 6) is 0.916. The third kappa shape index (κ3) is 3.55. The van der Waals surface area contributed by atoms with Gasteiger partial charge in [0.1, 0.15) is 0 Å². The summed E-state index contributed by atoms with van der Waals surface area (Å²) in [6, 6.07) is 0.754. The lowest BCUT2D eigenvalue weighted by Gasteiger charge is -2.27. The van der Waals surface area contributed by atoms with Crippen LogP contribution >= 0.6 is 0 Å². The van der Waals surface area contributed by atoms with Gasteiger partial charge in [0.15, 0.2) is 0 Å². The van der Waals surface area contributed by atoms with Crippen LogP contribution in [0.25, 0.3) is 0 Å². The van der Waals surface area contributed by atoms with E-state index in [9.17, 15) is 0 Å². The molecule has 2 heteroatoms. The predicted molar refractivity (Wildman–Crippen MR) is 51.3 cm³/mol. The molecular formula is C10H21NO. The Balaban J connectivity index is 2.06. The van der Waals surface area contributed by atoms with Gasteiger partial charge in [0.25, 0.3) is 0 Å². The number of methoxy groups -OCH3 is 1. The van der Waals surface area contributed by atoms with Crippen LogP contribution in [0.1, 0.15) is 32.6 Å². The van der Waals surface area contributed by atoms with Crippen LogP contribution in [0.5, 0.6) is 0 Å². The van der Waals surface area contributed by atoms with E-state index >= 15 is 0 Å². The van der Waals surface area contributed by atoms with Gasteiger partial charge in [-0.05, 0) is 18.8 Å². The summed E-state index contributed by atoms with van der Waals surface area (Å²) in [5, 5.41) is 3.53. The van der Waals surface area contributed by atoms with Crippen molar-refractivity contribution in [3.05, 3.63) is 0 Å². The molecule has 0 radical (unpaired) electrons. The number of ether oxygens (including phenoxy) is 1. The lowest BCUT2D eigenvalue weighted by molar-refractivity contribution is 0.188. The van der Waals surface area contributed by atoms with E-state index < -0.39 is 0 Å². The average Bonchev–Trinajstić information content (AvgIpc) is 2.05. The molecule has 1 rings (SSSR count). The topological polar surface area (TPSA) is 21.3 Å². The summed E-state index contributed by atoms with van der Waals surface area (Å²) in [7, 11) is 1.76. The van der Waals surface area contributed by atoms with Crippen molar-refractivity contribution in [3.63, 3.8) is 0 Å². The normalized spacial score (nSPS) is 30.5. The van der Waals surface area contributed by atoms with Gasteiger partial charge in [-0.25, -0.2) is 0 Å². The Bertz CT molecular complexity index is 116. The van der Waals surface area contributed by atoms with E-state index in [-0.39, 0.29) is 0 Å². The largest absolute Gasteiger partial charge is 0.383 e. The van der Waals surface area contributed by atoms with E-state index in [1.54, 1.807) is 7.11 Å². The second-order valence-electron chi connectivity index (χ2n) is 3.92. The van der Waals surface area contributed by atoms with Gasteiger partial charge >= 0.3 is 0 Å². The van der Waals surface area contributed by atoms with E-state index in [4.69, 9.17) is 4.74 Å². The first kappa shape index (κ1) is 10.0. The Labute approximate surface area is 75.7 Å². The Morgan fingerprint density at radius 3 is 2.92 bits per heavy atom. The van der Waals surface area contributed by atoms with Crippen LogP contribution in [0, 0.1) is 5.92 Å². The van der Waals surface area contributed by atoms with Crippen LogP contribution in [0.15, 0.2) is 0 Å². The highest BCUT2D eigenvalue weighted by molar-refractivity contribution is 4.75. The monoisotopic (exact) mass is 171 g/mol. The molecule has 0 aromatic heterocycles. The van der Waals surface area contributed by atoms with E-state index in [2.05, 4.69) is 12.2 Å². The first-order valence-corrected chi connectivity index (χ1v) is 5.05. The SMILES string of the molecule is COCCN[C@H]1CCC[C@@H](C)C1. The maximum Gasteiger partial charge on any atom is 0.0587 e. The van der Waals surface area contributed by atoms with Gasteiger partial charge in [-0.3, -0.25) is 0 Å². The minimum Gasteiger partial charge on any atom is -0.383 e. The van der Waals surface area contributed by atoms with Crippen LogP contribution in [0.4, 0.5) is 0 Å². The smallest absolute Gasteiger partial charge is 0.0587 e. The second kappa shape index (κ2) is 5.55. The fraction of sp³-hybridized carbons (Fsp3) is 1.00. The molecule has 0 aliphatic heterocycles. The van der Waals surface area contributed by atoms with Gasteiger partial charge in [-0.15, -0.1) is 0 Å². The summed E-state index contributed by atoms with van der Waals surface area (Å²) in [4.78, 5) is 0. The minimum atomic E-state index is 0.754. The summed E-state index contributed by atoms with van der Waals surface area (Å²) in [6.45, 7) is 4.20. The summed E-state index contributed by atoms with van der Waals surface area (Å²) < 4.78 is 5.00. The molecule has 1 fully saturated rings. The van der Waals surface area contributed by atoms with Crippen molar-refractivity contribution >= 4 is 0 Å². The highest BCUT2D eigenvalue weighted by Gasteiger charge is 2.17. The number of nitrogens with one attached hydrogen (secondary N) is 1. The molecule has 2 atom stereocenters. The van der Waals surface area contributed by atoms with Crippen LogP contribution in [-0.4, -0.2) is 26.3 Å². The molecule has 1 aliphatic rings. The zero-order valence-corrected chi connectivity index (χ0v) is 8.31. The third-order valence-corrected chi connectivity index (χ3v) is 2.68. The average molecular weight is 171 g/mol. The molecule has 0 aromatic carbocycles. The lowest BCUT2D eigenvalue weighted by atomic mass is 9.87. The van der Waals surface area contributed by atoms with Crippen LogP contribution in [0.3, 0.4) is 0 Å². The van der Waals surface area contributed by atoms with Crippen molar-refractivity contribution in [3.8, 4) is 0 Å². The van der Waals surface area contributed by atoms with E-state index in [1.807, 2.05) is 0 Å². The van der Waals surface area contributed by atoms with Gasteiger partial charge in [0.2, 0.25) is 0 Å². The maximum atomic E-state index is 5.00. The van der Waals surface area contributed by atoms with Crippen LogP contribution in [-0.2, 0) is 4.74 Å². The van der Waals surface area contributed by atoms with Crippen LogP contribution < -0.4 is 5.32 Å². The van der Waals surface area contributed by atoms with E-state index in [0.29, 0.717) is 0 Å². The first-order chi connectivity index (χ1) is 5.83. The zero-order valence-electron chi connectivity index (χ0n) is 8.31. The van der Waals surface area contributed by atoms with Crippen molar-refractivity contribution < 1.29 is 4.74 Å². The molecule has 0 heterocycles. The maximum absolute atomic E-state index is 5.00. The van der Waals surface area contributed by atoms with Crippen LogP contribution in [0.2, 0.25) is 0 Å². The van der Waals surface area contributed by atoms with E-state index in [0.717, 1.165) is 25.1 Å². The molecule has 1 aliphatic carbocycles. The van der Waals surface area contributed by atoms with E-state index in [1.165, 1.54) is 25.7 Å². The summed E-state index contributed by atoms with van der Waals surface area (Å²) in [6.07, 6.45) is 5.52. The molecule has 1 saturated carbocycles. The van der Waals surface area contributed by atoms with Gasteiger partial charge in [0, 0.05) is 19.7 Å². The predicted octanol–water partition coefficient (Wildman–Crippen LogP) is 1.80. The second-order valence-corrected chi connectivity index (χ2v) is 3.92. The molecule has 0 bridgehead atoms. The van der Waals surface area contributed by atoms with Gasteiger partial charge in [0.05, 0.1) is 6.61 Å². The Morgan fingerprint density at radius 1 is 1.42 bits per heavy atom. The number of hydrogen-bond donors (Lipinski definition) is 1. The quantitative estimate of drug-likeness (QED) is 0.651. The van der Waals surface area contributed by atoms with Crippen molar-refractivity contribution in [1.29, 1.82) is 0 Å². The highest BCUT2D eigenvalue weighted by Crippen LogP contribution is 2.23. The molecular weight excluding hydrogens is 150 g/mol. The molecule has 12 heavy (non-hydrogen) atoms. The molecule has 0 saturated heterocycles. The molecule has 0 unspecified atom stereocenters. The van der Waals surface area contributed by atoms with Crippen molar-refractivity contribution in [2.45, 2.75) is 38.6 Å². The van der Waals surface area contributed by atoms with Gasteiger partial charge in [-0.1, -0.05) is 19.8 Å². The Morgan fingerprint density at radius 2 is 2.25 bits per heavy atom. The first-order valence-electron chi connectivity index (χ1n) is 5.05. The lowest BCUT2D eigenvalue weighted by Crippen LogP contribution is -2.35. The number of rotatable bonds is 4. The Hall–Kier alpha value is -0.0800. The molecule has 0 spiro atoms. The molecule has 1 N–H and O–H groups in total. The fourth-order valence-corrected chi connectivity index (χ4v) is 1.98. The minimum absolute atomic E-state index is 0.754. The molecule has 0 aromatic rings. The number of hydrogen-bond acceptors (Lipinski definition) is 2. The standard InChI is InChI=1S/C10H21NO/c1-9-4-3-5-10(8-9)11-6-7-12-2/h9-11H,3-8H2,1-2H3/t9-,10+/m1/s1. The molecule has 2 nitrogen and oxygen atoms in total. The van der Waals surface area contributed by atoms with Gasteiger partial charge < -0.3 is 10.1 Å². The van der Waals surface area contributed by atoms with Crippen molar-refractivity contribution in [2.24, 2.45) is 5.92 Å². The van der Waals surface area contributed by atoms with Gasteiger partial charge in [-0.2, -0.15) is 0 Å². The molecule has 0 amide bonds. The zero-order chi connectivity index (χ0) is 8.81. The van der Waals surface area contributed by atoms with Crippen molar-refractivity contribution in [2.75, 3.05) is 20.3 Å². The summed E-state index contributed by atoms with van der Waals surface area (Å²) >= 11 is 0. The highest BCUT2D eigenvalue weighted by atomic mass is 16.5. The summed E-state index contributed by atoms with van der Waals surface area (Å²) in [5.41, 5.74) is 0. The molecule has 72 valence electrons. The third-order valence-electron chi connectivity index (χ3n) is 2.68. The fourth-order valence-electron chi connectivity index (χ4n) is 1.98.